The minimum absolute atomic E-state index is 0.0302. The molecule has 0 N–H and O–H groups in total. The monoisotopic (exact) mass is 376 g/mol. The Hall–Kier alpha value is -2.38. The molecule has 0 amide bonds. The highest BCUT2D eigenvalue weighted by Gasteiger charge is 2.40. The van der Waals surface area contributed by atoms with E-state index in [9.17, 15) is 0 Å². The molecule has 0 heterocycles. The van der Waals surface area contributed by atoms with Gasteiger partial charge in [0.25, 0.3) is 0 Å². The quantitative estimate of drug-likeness (QED) is 0.376. The largest absolute Gasteiger partial charge is 0.395 e. The summed E-state index contributed by atoms with van der Waals surface area (Å²) < 4.78 is 12.1. The van der Waals surface area contributed by atoms with Gasteiger partial charge < -0.3 is 9.16 Å². The first kappa shape index (κ1) is 20.9. The van der Waals surface area contributed by atoms with Crippen molar-refractivity contribution in [3.8, 4) is 11.5 Å². The van der Waals surface area contributed by atoms with Gasteiger partial charge in [0.1, 0.15) is 6.61 Å². The number of methoxy groups -OCH3 is 1. The highest BCUT2D eigenvalue weighted by Crippen LogP contribution is 2.16. The maximum absolute atomic E-state index is 6.89. The molecular weight excluding hydrogens is 348 g/mol. The third kappa shape index (κ3) is 5.80. The Morgan fingerprint density at radius 1 is 1.00 bits per heavy atom. The molecule has 2 aromatic rings. The van der Waals surface area contributed by atoms with Gasteiger partial charge in [-0.1, -0.05) is 90.4 Å². The predicted octanol–water partition coefficient (Wildman–Crippen LogP) is 3.86. The van der Waals surface area contributed by atoms with Crippen molar-refractivity contribution in [3.05, 3.63) is 85.5 Å². The Kier molecular flexibility index (Phi) is 8.80. The van der Waals surface area contributed by atoms with Crippen LogP contribution in [0.3, 0.4) is 0 Å². The lowest BCUT2D eigenvalue weighted by Gasteiger charge is -2.31. The highest BCUT2D eigenvalue weighted by atomic mass is 28.4. The molecule has 0 aromatic heterocycles. The zero-order valence-electron chi connectivity index (χ0n) is 16.2. The summed E-state index contributed by atoms with van der Waals surface area (Å²) >= 11 is 0. The van der Waals surface area contributed by atoms with Crippen LogP contribution in [0.15, 0.2) is 85.5 Å². The standard InChI is InChI=1S/C24H28O2Si/c1-4-6-15-22(14-5-2)26-27(21-13-20-25-3,23-16-9-7-10-17-23)24-18-11-8-12-19-24/h4-12,16-19,22H,2,14-15,20H2,1,3H3/b6-4+. The van der Waals surface area contributed by atoms with E-state index in [-0.39, 0.29) is 6.10 Å². The van der Waals surface area contributed by atoms with Gasteiger partial charge in [-0.05, 0) is 30.1 Å². The van der Waals surface area contributed by atoms with E-state index < -0.39 is 8.32 Å². The van der Waals surface area contributed by atoms with Gasteiger partial charge in [0.05, 0.1) is 6.10 Å². The summed E-state index contributed by atoms with van der Waals surface area (Å²) in [6.45, 7) is 6.33. The fourth-order valence-corrected chi connectivity index (χ4v) is 6.26. The van der Waals surface area contributed by atoms with E-state index >= 15 is 0 Å². The molecule has 2 nitrogen and oxygen atoms in total. The third-order valence-corrected chi connectivity index (χ3v) is 7.76. The van der Waals surface area contributed by atoms with Gasteiger partial charge in [0, 0.05) is 7.11 Å². The zero-order chi connectivity index (χ0) is 19.4. The van der Waals surface area contributed by atoms with E-state index in [1.165, 1.54) is 0 Å². The molecule has 0 aliphatic heterocycles. The molecule has 27 heavy (non-hydrogen) atoms. The Labute approximate surface area is 164 Å². The van der Waals surface area contributed by atoms with Crippen molar-refractivity contribution in [2.24, 2.45) is 0 Å². The van der Waals surface area contributed by atoms with E-state index in [4.69, 9.17) is 9.16 Å². The summed E-state index contributed by atoms with van der Waals surface area (Å²) in [5, 5.41) is 2.30. The lowest BCUT2D eigenvalue weighted by Crippen LogP contribution is -2.61. The second-order valence-corrected chi connectivity index (χ2v) is 9.22. The van der Waals surface area contributed by atoms with Gasteiger partial charge in [-0.2, -0.15) is 0 Å². The highest BCUT2D eigenvalue weighted by molar-refractivity contribution is 7.03. The number of ether oxygens (including phenoxy) is 1. The van der Waals surface area contributed by atoms with Crippen LogP contribution in [0.1, 0.15) is 19.8 Å². The van der Waals surface area contributed by atoms with Gasteiger partial charge in [0.15, 0.2) is 0 Å². The minimum Gasteiger partial charge on any atom is -0.395 e. The first-order valence-electron chi connectivity index (χ1n) is 9.26. The molecular formula is C24H28O2Si. The van der Waals surface area contributed by atoms with Crippen LogP contribution in [0.5, 0.6) is 0 Å². The maximum Gasteiger partial charge on any atom is 0.337 e. The average molecular weight is 377 g/mol. The fraction of sp³-hybridized carbons (Fsp3) is 0.250. The molecule has 140 valence electrons. The van der Waals surface area contributed by atoms with E-state index in [1.54, 1.807) is 7.11 Å². The Bertz CT molecular complexity index is 733. The number of allylic oxidation sites excluding steroid dienone is 1. The molecule has 0 saturated heterocycles. The van der Waals surface area contributed by atoms with Crippen LogP contribution in [0.25, 0.3) is 0 Å². The van der Waals surface area contributed by atoms with Crippen LogP contribution in [0.2, 0.25) is 0 Å². The Morgan fingerprint density at radius 3 is 2.07 bits per heavy atom. The van der Waals surface area contributed by atoms with Crippen LogP contribution in [0, 0.1) is 11.5 Å². The van der Waals surface area contributed by atoms with E-state index in [2.05, 4.69) is 78.7 Å². The van der Waals surface area contributed by atoms with Crippen molar-refractivity contribution in [2.45, 2.75) is 25.9 Å². The number of hydrogen-bond donors (Lipinski definition) is 0. The van der Waals surface area contributed by atoms with Gasteiger partial charge >= 0.3 is 8.32 Å². The van der Waals surface area contributed by atoms with Gasteiger partial charge in [-0.3, -0.25) is 0 Å². The number of benzene rings is 2. The molecule has 2 aromatic carbocycles. The summed E-state index contributed by atoms with van der Waals surface area (Å²) in [4.78, 5) is 0. The molecule has 3 heteroatoms. The summed E-state index contributed by atoms with van der Waals surface area (Å²) in [6.07, 6.45) is 7.78. The van der Waals surface area contributed by atoms with Crippen molar-refractivity contribution >= 4 is 18.7 Å². The molecule has 0 aliphatic rings. The minimum atomic E-state index is -2.76. The molecule has 0 radical (unpaired) electrons. The van der Waals surface area contributed by atoms with Crippen molar-refractivity contribution in [1.82, 2.24) is 0 Å². The molecule has 0 saturated carbocycles. The summed E-state index contributed by atoms with van der Waals surface area (Å²) in [7, 11) is -1.09. The van der Waals surface area contributed by atoms with Gasteiger partial charge in [0.2, 0.25) is 0 Å². The lowest BCUT2D eigenvalue weighted by atomic mass is 10.2. The maximum atomic E-state index is 6.89. The van der Waals surface area contributed by atoms with Crippen LogP contribution in [-0.2, 0) is 9.16 Å². The lowest BCUT2D eigenvalue weighted by molar-refractivity contribution is 0.209. The molecule has 0 aliphatic carbocycles. The molecule has 2 rings (SSSR count). The third-order valence-electron chi connectivity index (χ3n) is 4.25. The summed E-state index contributed by atoms with van der Waals surface area (Å²) in [5.41, 5.74) is 3.52. The zero-order valence-corrected chi connectivity index (χ0v) is 17.2. The smallest absolute Gasteiger partial charge is 0.337 e. The van der Waals surface area contributed by atoms with E-state index in [0.29, 0.717) is 6.61 Å². The number of hydrogen-bond acceptors (Lipinski definition) is 2. The van der Waals surface area contributed by atoms with Crippen LogP contribution in [-0.4, -0.2) is 28.1 Å². The normalized spacial score (nSPS) is 12.4. The van der Waals surface area contributed by atoms with Crippen molar-refractivity contribution in [3.63, 3.8) is 0 Å². The molecule has 1 atom stereocenters. The molecule has 0 fully saturated rings. The summed E-state index contributed by atoms with van der Waals surface area (Å²) in [6, 6.07) is 20.8. The second kappa shape index (κ2) is 11.4. The Morgan fingerprint density at radius 2 is 1.59 bits per heavy atom. The topological polar surface area (TPSA) is 18.5 Å². The van der Waals surface area contributed by atoms with Crippen LogP contribution in [0.4, 0.5) is 0 Å². The summed E-state index contributed by atoms with van der Waals surface area (Å²) in [5.74, 6) is 3.20. The van der Waals surface area contributed by atoms with Crippen molar-refractivity contribution < 1.29 is 9.16 Å². The van der Waals surface area contributed by atoms with E-state index in [1.807, 2.05) is 25.1 Å². The predicted molar refractivity (Wildman–Crippen MR) is 117 cm³/mol. The van der Waals surface area contributed by atoms with Crippen molar-refractivity contribution in [1.29, 1.82) is 0 Å². The molecule has 0 spiro atoms. The Balaban J connectivity index is 2.60. The first-order chi connectivity index (χ1) is 13.3. The van der Waals surface area contributed by atoms with Gasteiger partial charge in [-0.25, -0.2) is 0 Å². The SMILES string of the molecule is C=CCC(C/C=C/C)O[Si](C#CCOC)(c1ccccc1)c1ccccc1. The fourth-order valence-electron chi connectivity index (χ4n) is 2.97. The van der Waals surface area contributed by atoms with Crippen LogP contribution >= 0.6 is 0 Å². The molecule has 1 unspecified atom stereocenters. The average Bonchev–Trinajstić information content (AvgIpc) is 2.72. The van der Waals surface area contributed by atoms with Crippen molar-refractivity contribution in [2.75, 3.05) is 13.7 Å². The van der Waals surface area contributed by atoms with Crippen LogP contribution < -0.4 is 10.4 Å². The first-order valence-corrected chi connectivity index (χ1v) is 11.2. The second-order valence-electron chi connectivity index (χ2n) is 6.22. The molecule has 0 bridgehead atoms. The number of rotatable bonds is 9. The van der Waals surface area contributed by atoms with E-state index in [0.717, 1.165) is 23.2 Å². The van der Waals surface area contributed by atoms with Gasteiger partial charge in [-0.15, -0.1) is 6.58 Å².